The minimum Gasteiger partial charge on any atom is -0.378 e. The fourth-order valence-electron chi connectivity index (χ4n) is 3.23. The Bertz CT molecular complexity index is 380. The van der Waals surface area contributed by atoms with Crippen molar-refractivity contribution in [1.29, 1.82) is 0 Å². The van der Waals surface area contributed by atoms with Crippen LogP contribution in [0.3, 0.4) is 0 Å². The molecule has 22 heavy (non-hydrogen) atoms. The Hall–Kier alpha value is -0.780. The van der Waals surface area contributed by atoms with E-state index in [0.717, 1.165) is 24.2 Å². The van der Waals surface area contributed by atoms with Crippen molar-refractivity contribution >= 4 is 5.91 Å². The Morgan fingerprint density at radius 1 is 1.27 bits per heavy atom. The van der Waals surface area contributed by atoms with E-state index in [1.54, 1.807) is 0 Å². The lowest BCUT2D eigenvalue weighted by Gasteiger charge is -2.39. The van der Waals surface area contributed by atoms with E-state index < -0.39 is 12.7 Å². The summed E-state index contributed by atoms with van der Waals surface area (Å²) in [5.74, 6) is 0.178. The van der Waals surface area contributed by atoms with Crippen LogP contribution in [0.25, 0.3) is 0 Å². The number of halogens is 3. The smallest absolute Gasteiger partial charge is 0.378 e. The zero-order chi connectivity index (χ0) is 16.3. The van der Waals surface area contributed by atoms with Crippen molar-refractivity contribution in [1.82, 2.24) is 4.90 Å². The summed E-state index contributed by atoms with van der Waals surface area (Å²) in [4.78, 5) is 13.5. The molecular weight excluding hydrogens is 295 g/mol. The maximum absolute atomic E-state index is 12.7. The number of ether oxygens (including phenoxy) is 1. The van der Waals surface area contributed by atoms with E-state index in [1.165, 1.54) is 0 Å². The first kappa shape index (κ1) is 17.6. The fourth-order valence-corrected chi connectivity index (χ4v) is 3.23. The first-order valence-electron chi connectivity index (χ1n) is 8.24. The number of hydrogen-bond donors (Lipinski definition) is 0. The van der Waals surface area contributed by atoms with Crippen molar-refractivity contribution in [2.75, 3.05) is 13.2 Å². The van der Waals surface area contributed by atoms with Gasteiger partial charge in [0.2, 0.25) is 5.91 Å². The van der Waals surface area contributed by atoms with E-state index in [-0.39, 0.29) is 30.4 Å². The van der Waals surface area contributed by atoms with Crippen molar-refractivity contribution in [3.8, 4) is 0 Å². The molecule has 2 atom stereocenters. The Morgan fingerprint density at radius 3 is 2.45 bits per heavy atom. The topological polar surface area (TPSA) is 29.5 Å². The SMILES string of the molecule is CC(C)[C@@H]1C[C@H](CC(=O)N(CC(F)(F)F)C2CCC2)CCO1. The summed E-state index contributed by atoms with van der Waals surface area (Å²) < 4.78 is 43.8. The first-order valence-corrected chi connectivity index (χ1v) is 8.24. The molecule has 6 heteroatoms. The van der Waals surface area contributed by atoms with Gasteiger partial charge in [0.25, 0.3) is 0 Å². The fraction of sp³-hybridized carbons (Fsp3) is 0.938. The lowest BCUT2D eigenvalue weighted by molar-refractivity contribution is -0.170. The van der Waals surface area contributed by atoms with Gasteiger partial charge in [0.1, 0.15) is 6.54 Å². The van der Waals surface area contributed by atoms with Crippen LogP contribution < -0.4 is 0 Å². The molecule has 1 heterocycles. The van der Waals surface area contributed by atoms with Crippen LogP contribution in [0.15, 0.2) is 0 Å². The Balaban J connectivity index is 1.92. The van der Waals surface area contributed by atoms with Gasteiger partial charge in [-0.3, -0.25) is 4.79 Å². The molecule has 1 saturated heterocycles. The van der Waals surface area contributed by atoms with Crippen LogP contribution in [0, 0.1) is 11.8 Å². The number of amides is 1. The second kappa shape index (κ2) is 7.20. The summed E-state index contributed by atoms with van der Waals surface area (Å²) in [5.41, 5.74) is 0. The second-order valence-electron chi connectivity index (χ2n) is 6.97. The molecule has 1 aliphatic heterocycles. The first-order chi connectivity index (χ1) is 10.3. The summed E-state index contributed by atoms with van der Waals surface area (Å²) in [6.45, 7) is 3.63. The maximum atomic E-state index is 12.7. The van der Waals surface area contributed by atoms with Crippen LogP contribution in [-0.4, -0.2) is 42.3 Å². The third-order valence-corrected chi connectivity index (χ3v) is 4.82. The number of hydrogen-bond acceptors (Lipinski definition) is 2. The molecule has 0 bridgehead atoms. The molecule has 2 fully saturated rings. The van der Waals surface area contributed by atoms with E-state index in [9.17, 15) is 18.0 Å². The Morgan fingerprint density at radius 2 is 1.95 bits per heavy atom. The number of nitrogens with zero attached hydrogens (tertiary/aromatic N) is 1. The highest BCUT2D eigenvalue weighted by Gasteiger charge is 2.39. The zero-order valence-corrected chi connectivity index (χ0v) is 13.4. The van der Waals surface area contributed by atoms with Gasteiger partial charge in [0, 0.05) is 19.1 Å². The Kier molecular flexibility index (Phi) is 5.75. The van der Waals surface area contributed by atoms with Gasteiger partial charge in [-0.1, -0.05) is 13.8 Å². The summed E-state index contributed by atoms with van der Waals surface area (Å²) in [7, 11) is 0. The van der Waals surface area contributed by atoms with Crippen LogP contribution in [-0.2, 0) is 9.53 Å². The van der Waals surface area contributed by atoms with Crippen molar-refractivity contribution in [2.24, 2.45) is 11.8 Å². The van der Waals surface area contributed by atoms with Crippen molar-refractivity contribution < 1.29 is 22.7 Å². The summed E-state index contributed by atoms with van der Waals surface area (Å²) in [6.07, 6.45) is -0.132. The average molecular weight is 321 g/mol. The van der Waals surface area contributed by atoms with Gasteiger partial charge in [-0.25, -0.2) is 0 Å². The van der Waals surface area contributed by atoms with E-state index in [2.05, 4.69) is 13.8 Å². The highest BCUT2D eigenvalue weighted by Crippen LogP contribution is 2.32. The summed E-state index contributed by atoms with van der Waals surface area (Å²) in [6, 6.07) is -0.213. The molecule has 1 aliphatic carbocycles. The average Bonchev–Trinajstić information content (AvgIpc) is 2.34. The molecule has 2 aliphatic rings. The normalized spacial score (nSPS) is 26.8. The van der Waals surface area contributed by atoms with Gasteiger partial charge >= 0.3 is 6.18 Å². The maximum Gasteiger partial charge on any atom is 0.406 e. The largest absolute Gasteiger partial charge is 0.406 e. The summed E-state index contributed by atoms with van der Waals surface area (Å²) >= 11 is 0. The molecule has 2 rings (SSSR count). The van der Waals surface area contributed by atoms with Crippen molar-refractivity contribution in [2.45, 2.75) is 70.7 Å². The van der Waals surface area contributed by atoms with E-state index in [0.29, 0.717) is 25.4 Å². The number of carbonyl (C=O) groups excluding carboxylic acids is 1. The molecule has 128 valence electrons. The van der Waals surface area contributed by atoms with Gasteiger partial charge in [-0.05, 0) is 43.9 Å². The minimum absolute atomic E-state index is 0.117. The van der Waals surface area contributed by atoms with Gasteiger partial charge in [0.15, 0.2) is 0 Å². The molecule has 1 saturated carbocycles. The zero-order valence-electron chi connectivity index (χ0n) is 13.4. The highest BCUT2D eigenvalue weighted by molar-refractivity contribution is 5.77. The summed E-state index contributed by atoms with van der Waals surface area (Å²) in [5, 5.41) is 0. The van der Waals surface area contributed by atoms with E-state index >= 15 is 0 Å². The third kappa shape index (κ3) is 4.86. The molecule has 0 aromatic heterocycles. The van der Waals surface area contributed by atoms with Crippen LogP contribution in [0.5, 0.6) is 0 Å². The lowest BCUT2D eigenvalue weighted by Crippen LogP contribution is -2.49. The highest BCUT2D eigenvalue weighted by atomic mass is 19.4. The predicted octanol–water partition coefficient (Wildman–Crippen LogP) is 3.77. The number of alkyl halides is 3. The van der Waals surface area contributed by atoms with E-state index in [4.69, 9.17) is 4.74 Å². The van der Waals surface area contributed by atoms with Gasteiger partial charge in [-0.2, -0.15) is 13.2 Å². The molecule has 0 aromatic carbocycles. The Labute approximate surface area is 130 Å². The van der Waals surface area contributed by atoms with Crippen molar-refractivity contribution in [3.05, 3.63) is 0 Å². The molecule has 0 radical (unpaired) electrons. The molecule has 0 unspecified atom stereocenters. The van der Waals surface area contributed by atoms with Gasteiger partial charge in [-0.15, -0.1) is 0 Å². The molecule has 0 aromatic rings. The van der Waals surface area contributed by atoms with Crippen molar-refractivity contribution in [3.63, 3.8) is 0 Å². The standard InChI is InChI=1S/C16H26F3NO2/c1-11(2)14-8-12(6-7-22-14)9-15(21)20(10-16(17,18)19)13-4-3-5-13/h11-14H,3-10H2,1-2H3/t12-,14+/m1/s1. The lowest BCUT2D eigenvalue weighted by atomic mass is 9.86. The van der Waals surface area contributed by atoms with Crippen LogP contribution >= 0.6 is 0 Å². The van der Waals surface area contributed by atoms with Crippen LogP contribution in [0.4, 0.5) is 13.2 Å². The van der Waals surface area contributed by atoms with Gasteiger partial charge < -0.3 is 9.64 Å². The second-order valence-corrected chi connectivity index (χ2v) is 6.97. The molecule has 1 amide bonds. The molecular formula is C16H26F3NO2. The number of rotatable bonds is 5. The minimum atomic E-state index is -4.32. The third-order valence-electron chi connectivity index (χ3n) is 4.82. The predicted molar refractivity (Wildman–Crippen MR) is 77.3 cm³/mol. The molecule has 0 N–H and O–H groups in total. The molecule has 0 spiro atoms. The quantitative estimate of drug-likeness (QED) is 0.771. The van der Waals surface area contributed by atoms with Crippen LogP contribution in [0.1, 0.15) is 52.4 Å². The van der Waals surface area contributed by atoms with E-state index in [1.807, 2.05) is 0 Å². The number of carbonyl (C=O) groups is 1. The monoisotopic (exact) mass is 321 g/mol. The van der Waals surface area contributed by atoms with Gasteiger partial charge in [0.05, 0.1) is 6.10 Å². The molecule has 3 nitrogen and oxygen atoms in total. The van der Waals surface area contributed by atoms with Crippen LogP contribution in [0.2, 0.25) is 0 Å².